The zero-order valence-electron chi connectivity index (χ0n) is 8.54. The summed E-state index contributed by atoms with van der Waals surface area (Å²) in [5, 5.41) is 3.45. The van der Waals surface area contributed by atoms with Gasteiger partial charge in [-0.05, 0) is 12.1 Å². The van der Waals surface area contributed by atoms with Crippen molar-refractivity contribution >= 4 is 10.1 Å². The van der Waals surface area contributed by atoms with Gasteiger partial charge in [-0.3, -0.25) is 0 Å². The van der Waals surface area contributed by atoms with Crippen LogP contribution < -0.4 is 4.18 Å². The summed E-state index contributed by atoms with van der Waals surface area (Å²) < 4.78 is 45.1. The molecular formula is C10H8FNO4S. The van der Waals surface area contributed by atoms with Crippen molar-refractivity contribution < 1.29 is 21.5 Å². The Hall–Kier alpha value is -1.89. The molecule has 1 aromatic carbocycles. The van der Waals surface area contributed by atoms with Gasteiger partial charge in [0, 0.05) is 12.1 Å². The minimum absolute atomic E-state index is 0.0755. The summed E-state index contributed by atoms with van der Waals surface area (Å²) in [7, 11) is -3.86. The highest BCUT2D eigenvalue weighted by molar-refractivity contribution is 7.86. The van der Waals surface area contributed by atoms with Crippen molar-refractivity contribution in [2.45, 2.75) is 5.75 Å². The first kappa shape index (κ1) is 11.6. The summed E-state index contributed by atoms with van der Waals surface area (Å²) >= 11 is 0. The molecule has 0 spiro atoms. The molecule has 0 aliphatic heterocycles. The van der Waals surface area contributed by atoms with E-state index in [1.165, 1.54) is 30.5 Å². The highest BCUT2D eigenvalue weighted by Crippen LogP contribution is 2.16. The van der Waals surface area contributed by atoms with Crippen molar-refractivity contribution in [3.63, 3.8) is 0 Å². The van der Waals surface area contributed by atoms with Gasteiger partial charge in [-0.15, -0.1) is 0 Å². The minimum atomic E-state index is -3.86. The Kier molecular flexibility index (Phi) is 3.10. The van der Waals surface area contributed by atoms with Gasteiger partial charge in [0.2, 0.25) is 0 Å². The van der Waals surface area contributed by atoms with E-state index in [2.05, 4.69) is 9.68 Å². The fourth-order valence-electron chi connectivity index (χ4n) is 1.19. The lowest BCUT2D eigenvalue weighted by molar-refractivity contribution is 0.412. The monoisotopic (exact) mass is 257 g/mol. The van der Waals surface area contributed by atoms with Crippen LogP contribution in [0, 0.1) is 5.82 Å². The Labute approximate surface area is 96.9 Å². The van der Waals surface area contributed by atoms with Gasteiger partial charge < -0.3 is 8.71 Å². The van der Waals surface area contributed by atoms with E-state index < -0.39 is 21.7 Å². The molecule has 2 aromatic rings. The van der Waals surface area contributed by atoms with Crippen LogP contribution in [0.3, 0.4) is 0 Å². The molecule has 0 atom stereocenters. The maximum Gasteiger partial charge on any atom is 0.315 e. The molecular weight excluding hydrogens is 249 g/mol. The summed E-state index contributed by atoms with van der Waals surface area (Å²) in [5.41, 5.74) is 0.224. The van der Waals surface area contributed by atoms with E-state index in [0.29, 0.717) is 0 Å². The largest absolute Gasteiger partial charge is 0.382 e. The zero-order chi connectivity index (χ0) is 12.3. The van der Waals surface area contributed by atoms with Crippen molar-refractivity contribution in [3.05, 3.63) is 48.1 Å². The standard InChI is InChI=1S/C10H8FNO4S/c11-8-2-1-3-10(6-8)16-17(13,14)7-9-4-5-15-12-9/h1-6H,7H2. The van der Waals surface area contributed by atoms with Gasteiger partial charge in [0.1, 0.15) is 29.3 Å². The second kappa shape index (κ2) is 4.54. The third-order valence-corrected chi connectivity index (χ3v) is 2.93. The van der Waals surface area contributed by atoms with Crippen molar-refractivity contribution in [2.24, 2.45) is 0 Å². The van der Waals surface area contributed by atoms with E-state index in [4.69, 9.17) is 4.18 Å². The summed E-state index contributed by atoms with van der Waals surface area (Å²) in [5.74, 6) is -1.08. The highest BCUT2D eigenvalue weighted by Gasteiger charge is 2.16. The van der Waals surface area contributed by atoms with Crippen LogP contribution in [-0.2, 0) is 15.9 Å². The molecule has 2 rings (SSSR count). The van der Waals surface area contributed by atoms with Crippen LogP contribution in [0.2, 0.25) is 0 Å². The Balaban J connectivity index is 2.12. The average molecular weight is 257 g/mol. The number of rotatable bonds is 4. The molecule has 0 unspecified atom stereocenters. The summed E-state index contributed by atoms with van der Waals surface area (Å²) in [6.07, 6.45) is 1.26. The molecule has 17 heavy (non-hydrogen) atoms. The topological polar surface area (TPSA) is 69.4 Å². The van der Waals surface area contributed by atoms with Gasteiger partial charge in [0.15, 0.2) is 0 Å². The number of halogens is 1. The lowest BCUT2D eigenvalue weighted by Crippen LogP contribution is -2.12. The normalized spacial score (nSPS) is 11.4. The van der Waals surface area contributed by atoms with Crippen LogP contribution in [0.4, 0.5) is 4.39 Å². The maximum atomic E-state index is 12.8. The van der Waals surface area contributed by atoms with Crippen LogP contribution in [0.1, 0.15) is 5.69 Å². The molecule has 0 saturated carbocycles. The highest BCUT2D eigenvalue weighted by atomic mass is 32.2. The SMILES string of the molecule is O=S(=O)(Cc1ccon1)Oc1cccc(F)c1. The Morgan fingerprint density at radius 2 is 2.18 bits per heavy atom. The number of hydrogen-bond donors (Lipinski definition) is 0. The molecule has 90 valence electrons. The van der Waals surface area contributed by atoms with E-state index >= 15 is 0 Å². The Morgan fingerprint density at radius 1 is 1.35 bits per heavy atom. The van der Waals surface area contributed by atoms with Gasteiger partial charge in [0.05, 0.1) is 0 Å². The van der Waals surface area contributed by atoms with E-state index in [1.54, 1.807) is 0 Å². The zero-order valence-corrected chi connectivity index (χ0v) is 9.35. The maximum absolute atomic E-state index is 12.8. The van der Waals surface area contributed by atoms with E-state index in [1.807, 2.05) is 0 Å². The smallest absolute Gasteiger partial charge is 0.315 e. The van der Waals surface area contributed by atoms with Crippen LogP contribution in [0.25, 0.3) is 0 Å². The second-order valence-corrected chi connectivity index (χ2v) is 4.80. The number of hydrogen-bond acceptors (Lipinski definition) is 5. The van der Waals surface area contributed by atoms with Gasteiger partial charge >= 0.3 is 10.1 Å². The van der Waals surface area contributed by atoms with Crippen LogP contribution in [0.15, 0.2) is 41.1 Å². The first-order valence-corrected chi connectivity index (χ1v) is 6.20. The molecule has 0 bridgehead atoms. The second-order valence-electron chi connectivity index (χ2n) is 3.23. The van der Waals surface area contributed by atoms with Crippen LogP contribution >= 0.6 is 0 Å². The lowest BCUT2D eigenvalue weighted by Gasteiger charge is -2.04. The number of aromatic nitrogens is 1. The molecule has 0 aliphatic rings. The molecule has 0 radical (unpaired) electrons. The van der Waals surface area contributed by atoms with Crippen molar-refractivity contribution in [2.75, 3.05) is 0 Å². The van der Waals surface area contributed by atoms with Gasteiger partial charge in [-0.2, -0.15) is 8.42 Å². The molecule has 0 amide bonds. The summed E-state index contributed by atoms with van der Waals surface area (Å²) in [6.45, 7) is 0. The van der Waals surface area contributed by atoms with Crippen LogP contribution in [0.5, 0.6) is 5.75 Å². The molecule has 1 aromatic heterocycles. The fourth-order valence-corrected chi connectivity index (χ4v) is 2.15. The predicted octanol–water partition coefficient (Wildman–Crippen LogP) is 1.72. The lowest BCUT2D eigenvalue weighted by atomic mass is 10.3. The molecule has 0 saturated heterocycles. The van der Waals surface area contributed by atoms with Gasteiger partial charge in [-0.1, -0.05) is 11.2 Å². The molecule has 7 heteroatoms. The first-order chi connectivity index (χ1) is 8.05. The number of nitrogens with zero attached hydrogens (tertiary/aromatic N) is 1. The van der Waals surface area contributed by atoms with Gasteiger partial charge in [-0.25, -0.2) is 4.39 Å². The molecule has 5 nitrogen and oxygen atoms in total. The Morgan fingerprint density at radius 3 is 2.82 bits per heavy atom. The first-order valence-electron chi connectivity index (χ1n) is 4.62. The third-order valence-electron chi connectivity index (χ3n) is 1.84. The summed E-state index contributed by atoms with van der Waals surface area (Å²) in [4.78, 5) is 0. The molecule has 0 N–H and O–H groups in total. The fraction of sp³-hybridized carbons (Fsp3) is 0.100. The molecule has 0 aliphatic carbocycles. The Bertz CT molecular complexity index is 595. The van der Waals surface area contributed by atoms with Crippen molar-refractivity contribution in [1.82, 2.24) is 5.16 Å². The van der Waals surface area contributed by atoms with Crippen molar-refractivity contribution in [1.29, 1.82) is 0 Å². The van der Waals surface area contributed by atoms with Crippen molar-refractivity contribution in [3.8, 4) is 5.75 Å². The molecule has 0 fully saturated rings. The van der Waals surface area contributed by atoms with Crippen LogP contribution in [-0.4, -0.2) is 13.6 Å². The quantitative estimate of drug-likeness (QED) is 0.780. The van der Waals surface area contributed by atoms with E-state index in [9.17, 15) is 12.8 Å². The predicted molar refractivity (Wildman–Crippen MR) is 56.2 cm³/mol. The van der Waals surface area contributed by atoms with Gasteiger partial charge in [0.25, 0.3) is 0 Å². The number of benzene rings is 1. The minimum Gasteiger partial charge on any atom is -0.382 e. The van der Waals surface area contributed by atoms with E-state index in [0.717, 1.165) is 6.07 Å². The molecule has 1 heterocycles. The van der Waals surface area contributed by atoms with E-state index in [-0.39, 0.29) is 11.4 Å². The summed E-state index contributed by atoms with van der Waals surface area (Å²) in [6, 6.07) is 6.30. The third kappa shape index (κ3) is 3.28. The average Bonchev–Trinajstić information content (AvgIpc) is 2.68.